The fraction of sp³-hybridized carbons (Fsp3) is 0.318. The molecule has 2 aromatic carbocycles. The van der Waals surface area contributed by atoms with Gasteiger partial charge < -0.3 is 15.0 Å². The largest absolute Gasteiger partial charge is 0.508 e. The number of likely N-dealkylation sites (tertiary alicyclic amines) is 1. The van der Waals surface area contributed by atoms with Gasteiger partial charge in [-0.15, -0.1) is 0 Å². The van der Waals surface area contributed by atoms with Gasteiger partial charge >= 0.3 is 0 Å². The van der Waals surface area contributed by atoms with Crippen LogP contribution < -0.4 is 0 Å². The number of hydrogen-bond acceptors (Lipinski definition) is 2. The summed E-state index contributed by atoms with van der Waals surface area (Å²) in [6, 6.07) is 13.7. The number of aromatic hydroxyl groups is 1. The van der Waals surface area contributed by atoms with E-state index in [0.29, 0.717) is 17.4 Å². The number of aromatic nitrogens is 1. The molecule has 1 saturated heterocycles. The Morgan fingerprint density at radius 2 is 1.77 bits per heavy atom. The Hall–Kier alpha value is -2.75. The van der Waals surface area contributed by atoms with Crippen LogP contribution in [0, 0.1) is 13.8 Å². The van der Waals surface area contributed by atoms with Gasteiger partial charge in [-0.05, 0) is 73.6 Å². The van der Waals surface area contributed by atoms with Gasteiger partial charge in [0, 0.05) is 24.0 Å². The Morgan fingerprint density at radius 1 is 1.08 bits per heavy atom. The first-order valence-electron chi connectivity index (χ1n) is 9.19. The molecule has 4 heteroatoms. The highest BCUT2D eigenvalue weighted by atomic mass is 16.3. The number of aryl methyl sites for hydroxylation is 2. The summed E-state index contributed by atoms with van der Waals surface area (Å²) in [7, 11) is 0. The van der Waals surface area contributed by atoms with Crippen LogP contribution in [0.4, 0.5) is 0 Å². The lowest BCUT2D eigenvalue weighted by Gasteiger charge is -2.32. The van der Waals surface area contributed by atoms with Crippen molar-refractivity contribution in [1.82, 2.24) is 9.88 Å². The molecule has 1 aliphatic rings. The molecule has 0 spiro atoms. The molecular weight excluding hydrogens is 324 g/mol. The first-order valence-corrected chi connectivity index (χ1v) is 9.19. The van der Waals surface area contributed by atoms with Crippen molar-refractivity contribution < 1.29 is 9.90 Å². The average Bonchev–Trinajstić information content (AvgIpc) is 3.06. The van der Waals surface area contributed by atoms with E-state index in [1.54, 1.807) is 12.1 Å². The normalized spacial score (nSPS) is 15.5. The number of rotatable bonds is 2. The number of H-pyrrole nitrogens is 1. The molecule has 134 valence electrons. The maximum absolute atomic E-state index is 12.9. The molecule has 0 atom stereocenters. The smallest absolute Gasteiger partial charge is 0.270 e. The minimum Gasteiger partial charge on any atom is -0.508 e. The molecule has 0 bridgehead atoms. The third kappa shape index (κ3) is 3.07. The standard InChI is InChI=1S/C22H24N2O2/c1-14-11-15(2)19-13-21(23-20(19)12-14)22(26)24-9-7-17(8-10-24)16-3-5-18(25)6-4-16/h3-6,11-13,17,23,25H,7-10H2,1-2H3. The third-order valence-electron chi connectivity index (χ3n) is 5.47. The minimum atomic E-state index is 0.0856. The first kappa shape index (κ1) is 16.7. The highest BCUT2D eigenvalue weighted by molar-refractivity contribution is 5.99. The zero-order valence-corrected chi connectivity index (χ0v) is 15.2. The van der Waals surface area contributed by atoms with E-state index >= 15 is 0 Å². The zero-order chi connectivity index (χ0) is 18.3. The number of carbonyl (C=O) groups is 1. The molecule has 26 heavy (non-hydrogen) atoms. The van der Waals surface area contributed by atoms with Crippen molar-refractivity contribution in [1.29, 1.82) is 0 Å². The molecule has 0 radical (unpaired) electrons. The van der Waals surface area contributed by atoms with Crippen LogP contribution in [0.25, 0.3) is 10.9 Å². The Labute approximate surface area is 153 Å². The summed E-state index contributed by atoms with van der Waals surface area (Å²) < 4.78 is 0. The van der Waals surface area contributed by atoms with E-state index in [1.165, 1.54) is 16.7 Å². The van der Waals surface area contributed by atoms with E-state index in [4.69, 9.17) is 0 Å². The summed E-state index contributed by atoms with van der Waals surface area (Å²) in [4.78, 5) is 18.2. The molecule has 2 heterocycles. The number of piperidine rings is 1. The first-order chi connectivity index (χ1) is 12.5. The SMILES string of the molecule is Cc1cc(C)c2cc(C(=O)N3CCC(c4ccc(O)cc4)CC3)[nH]c2c1. The van der Waals surface area contributed by atoms with Crippen molar-refractivity contribution in [2.24, 2.45) is 0 Å². The molecule has 3 aromatic rings. The Bertz CT molecular complexity index is 948. The monoisotopic (exact) mass is 348 g/mol. The van der Waals surface area contributed by atoms with Gasteiger partial charge in [-0.25, -0.2) is 0 Å². The lowest BCUT2D eigenvalue weighted by molar-refractivity contribution is 0.0708. The molecule has 4 nitrogen and oxygen atoms in total. The minimum absolute atomic E-state index is 0.0856. The average molecular weight is 348 g/mol. The molecular formula is C22H24N2O2. The molecule has 0 aliphatic carbocycles. The summed E-state index contributed by atoms with van der Waals surface area (Å²) in [6.07, 6.45) is 1.91. The predicted molar refractivity (Wildman–Crippen MR) is 104 cm³/mol. The van der Waals surface area contributed by atoms with Crippen molar-refractivity contribution in [2.45, 2.75) is 32.6 Å². The second-order valence-corrected chi connectivity index (χ2v) is 7.38. The van der Waals surface area contributed by atoms with Crippen LogP contribution in [0.3, 0.4) is 0 Å². The van der Waals surface area contributed by atoms with E-state index in [-0.39, 0.29) is 5.91 Å². The molecule has 0 saturated carbocycles. The number of nitrogens with one attached hydrogen (secondary N) is 1. The molecule has 1 fully saturated rings. The van der Waals surface area contributed by atoms with Crippen LogP contribution >= 0.6 is 0 Å². The van der Waals surface area contributed by atoms with Crippen molar-refractivity contribution >= 4 is 16.8 Å². The highest BCUT2D eigenvalue weighted by Crippen LogP contribution is 2.30. The van der Waals surface area contributed by atoms with E-state index in [1.807, 2.05) is 23.1 Å². The van der Waals surface area contributed by atoms with Gasteiger partial charge in [0.05, 0.1) is 0 Å². The fourth-order valence-corrected chi connectivity index (χ4v) is 4.05. The number of benzene rings is 2. The Kier molecular flexibility index (Phi) is 4.19. The summed E-state index contributed by atoms with van der Waals surface area (Å²) in [5.41, 5.74) is 5.35. The lowest BCUT2D eigenvalue weighted by atomic mass is 9.89. The van der Waals surface area contributed by atoms with Crippen molar-refractivity contribution in [3.05, 3.63) is 64.8 Å². The van der Waals surface area contributed by atoms with Crippen LogP contribution in [0.15, 0.2) is 42.5 Å². The van der Waals surface area contributed by atoms with Crippen molar-refractivity contribution in [3.8, 4) is 5.75 Å². The quantitative estimate of drug-likeness (QED) is 0.716. The maximum Gasteiger partial charge on any atom is 0.270 e. The molecule has 1 amide bonds. The van der Waals surface area contributed by atoms with Crippen LogP contribution in [0.1, 0.15) is 45.9 Å². The predicted octanol–water partition coefficient (Wildman–Crippen LogP) is 4.51. The molecule has 1 aromatic heterocycles. The number of phenolic OH excluding ortho intramolecular Hbond substituents is 1. The molecule has 2 N–H and O–H groups in total. The number of aromatic amines is 1. The van der Waals surface area contributed by atoms with Gasteiger partial charge in [-0.1, -0.05) is 18.2 Å². The van der Waals surface area contributed by atoms with Crippen LogP contribution in [0.2, 0.25) is 0 Å². The van der Waals surface area contributed by atoms with Crippen LogP contribution in [-0.4, -0.2) is 34.0 Å². The van der Waals surface area contributed by atoms with Gasteiger partial charge in [0.25, 0.3) is 5.91 Å². The van der Waals surface area contributed by atoms with Crippen molar-refractivity contribution in [2.75, 3.05) is 13.1 Å². The lowest BCUT2D eigenvalue weighted by Crippen LogP contribution is -2.38. The van der Waals surface area contributed by atoms with Crippen LogP contribution in [0.5, 0.6) is 5.75 Å². The summed E-state index contributed by atoms with van der Waals surface area (Å²) in [5, 5.41) is 10.6. The molecule has 1 aliphatic heterocycles. The Balaban J connectivity index is 1.48. The zero-order valence-electron chi connectivity index (χ0n) is 15.2. The second-order valence-electron chi connectivity index (χ2n) is 7.38. The van der Waals surface area contributed by atoms with E-state index in [0.717, 1.165) is 36.8 Å². The number of phenols is 1. The number of amides is 1. The summed E-state index contributed by atoms with van der Waals surface area (Å²) >= 11 is 0. The fourth-order valence-electron chi connectivity index (χ4n) is 4.05. The molecule has 0 unspecified atom stereocenters. The van der Waals surface area contributed by atoms with Gasteiger partial charge in [-0.3, -0.25) is 4.79 Å². The number of carbonyl (C=O) groups excluding carboxylic acids is 1. The highest BCUT2D eigenvalue weighted by Gasteiger charge is 2.25. The number of nitrogens with zero attached hydrogens (tertiary/aromatic N) is 1. The van der Waals surface area contributed by atoms with E-state index < -0.39 is 0 Å². The van der Waals surface area contributed by atoms with Gasteiger partial charge in [0.1, 0.15) is 11.4 Å². The summed E-state index contributed by atoms with van der Waals surface area (Å²) in [5.74, 6) is 0.834. The third-order valence-corrected chi connectivity index (χ3v) is 5.47. The number of fused-ring (bicyclic) bond motifs is 1. The topological polar surface area (TPSA) is 56.3 Å². The maximum atomic E-state index is 12.9. The van der Waals surface area contributed by atoms with Crippen molar-refractivity contribution in [3.63, 3.8) is 0 Å². The Morgan fingerprint density at radius 3 is 2.46 bits per heavy atom. The van der Waals surface area contributed by atoms with Gasteiger partial charge in [0.15, 0.2) is 0 Å². The molecule has 4 rings (SSSR count). The van der Waals surface area contributed by atoms with E-state index in [2.05, 4.69) is 31.0 Å². The number of hydrogen-bond donors (Lipinski definition) is 2. The summed E-state index contributed by atoms with van der Waals surface area (Å²) in [6.45, 7) is 5.68. The van der Waals surface area contributed by atoms with Gasteiger partial charge in [0.2, 0.25) is 0 Å². The second kappa shape index (κ2) is 6.52. The van der Waals surface area contributed by atoms with E-state index in [9.17, 15) is 9.90 Å². The van der Waals surface area contributed by atoms with Crippen LogP contribution in [-0.2, 0) is 0 Å². The van der Waals surface area contributed by atoms with Gasteiger partial charge in [-0.2, -0.15) is 0 Å².